The number of carbonyl (C=O) groups is 1. The molecule has 0 bridgehead atoms. The average Bonchev–Trinajstić information content (AvgIpc) is 3.48. The summed E-state index contributed by atoms with van der Waals surface area (Å²) in [6.45, 7) is 7.92. The van der Waals surface area contributed by atoms with E-state index in [4.69, 9.17) is 9.84 Å². The van der Waals surface area contributed by atoms with E-state index in [-0.39, 0.29) is 24.0 Å². The highest BCUT2D eigenvalue weighted by molar-refractivity contribution is 8.15. The van der Waals surface area contributed by atoms with Crippen molar-refractivity contribution in [2.75, 3.05) is 10.7 Å². The number of ether oxygens (including phenoxy) is 2. The molecule has 0 radical (unpaired) electrons. The molecule has 3 heterocycles. The molecular weight excluding hydrogens is 567 g/mol. The third-order valence-corrected chi connectivity index (χ3v) is 8.10. The van der Waals surface area contributed by atoms with Crippen LogP contribution in [0.1, 0.15) is 16.7 Å². The van der Waals surface area contributed by atoms with Crippen molar-refractivity contribution in [2.45, 2.75) is 26.8 Å². The minimum Gasteiger partial charge on any atom is -0.488 e. The van der Waals surface area contributed by atoms with E-state index in [9.17, 15) is 18.0 Å². The quantitative estimate of drug-likeness (QED) is 0.149. The summed E-state index contributed by atoms with van der Waals surface area (Å²) in [7, 11) is 1.78. The molecule has 0 aliphatic carbocycles. The van der Waals surface area contributed by atoms with Gasteiger partial charge in [-0.1, -0.05) is 28.0 Å². The molecule has 2 aliphatic heterocycles. The lowest BCUT2D eigenvalue weighted by atomic mass is 9.99. The van der Waals surface area contributed by atoms with Crippen LogP contribution in [0.4, 0.5) is 24.5 Å². The summed E-state index contributed by atoms with van der Waals surface area (Å²) in [5.74, 6) is 0.521. The van der Waals surface area contributed by atoms with Crippen molar-refractivity contribution >= 4 is 40.9 Å². The summed E-state index contributed by atoms with van der Waals surface area (Å²) < 4.78 is 51.3. The van der Waals surface area contributed by atoms with Crippen molar-refractivity contribution in [2.24, 2.45) is 12.1 Å². The van der Waals surface area contributed by atoms with E-state index in [1.54, 1.807) is 33.4 Å². The smallest absolute Gasteiger partial charge is 0.488 e. The number of para-hydroxylation sites is 1. The number of amides is 1. The average molecular weight is 593 g/mol. The number of carbonyl (C=O) groups excluding carboxylic acids is 1. The molecule has 214 valence electrons. The molecule has 1 saturated heterocycles. The van der Waals surface area contributed by atoms with E-state index < -0.39 is 6.36 Å². The number of halogens is 3. The number of nitrogens with zero attached hydrogens (tertiary/aromatic N) is 5. The van der Waals surface area contributed by atoms with Crippen molar-refractivity contribution in [3.63, 3.8) is 0 Å². The number of rotatable bonds is 5. The zero-order chi connectivity index (χ0) is 29.8. The fraction of sp³-hybridized carbons (Fsp3) is 0.200. The highest BCUT2D eigenvalue weighted by Gasteiger charge is 2.42. The Morgan fingerprint density at radius 1 is 1.10 bits per heavy atom. The minimum atomic E-state index is -4.76. The maximum atomic E-state index is 13.0. The van der Waals surface area contributed by atoms with Crippen molar-refractivity contribution in [3.8, 4) is 34.0 Å². The van der Waals surface area contributed by atoms with E-state index >= 15 is 0 Å². The summed E-state index contributed by atoms with van der Waals surface area (Å²) >= 11 is 1.39. The summed E-state index contributed by atoms with van der Waals surface area (Å²) in [6, 6.07) is 17.1. The fourth-order valence-electron chi connectivity index (χ4n) is 5.35. The highest BCUT2D eigenvalue weighted by atomic mass is 32.2. The van der Waals surface area contributed by atoms with E-state index in [0.717, 1.165) is 33.6 Å². The van der Waals surface area contributed by atoms with Crippen molar-refractivity contribution in [1.82, 2.24) is 9.78 Å². The maximum Gasteiger partial charge on any atom is 0.573 e. The van der Waals surface area contributed by atoms with E-state index in [1.807, 2.05) is 50.2 Å². The third-order valence-electron chi connectivity index (χ3n) is 7.09. The molecule has 42 heavy (non-hydrogen) atoms. The van der Waals surface area contributed by atoms with E-state index in [2.05, 4.69) is 16.6 Å². The highest BCUT2D eigenvalue weighted by Crippen LogP contribution is 2.43. The zero-order valence-corrected chi connectivity index (χ0v) is 23.7. The Hall–Kier alpha value is -4.58. The Kier molecular flexibility index (Phi) is 6.80. The first-order valence-electron chi connectivity index (χ1n) is 12.9. The molecule has 1 aromatic heterocycles. The lowest BCUT2D eigenvalue weighted by Gasteiger charge is -2.19. The second-order valence-corrected chi connectivity index (χ2v) is 10.8. The molecule has 6 rings (SSSR count). The second kappa shape index (κ2) is 10.4. The van der Waals surface area contributed by atoms with Crippen molar-refractivity contribution < 1.29 is 32.1 Å². The van der Waals surface area contributed by atoms with E-state index in [1.165, 1.54) is 23.9 Å². The summed E-state index contributed by atoms with van der Waals surface area (Å²) in [5.41, 5.74) is 7.13. The summed E-state index contributed by atoms with van der Waals surface area (Å²) in [6.07, 6.45) is -4.76. The Labute approximate surface area is 243 Å². The molecule has 0 unspecified atom stereocenters. The molecule has 0 atom stereocenters. The van der Waals surface area contributed by atoms with Gasteiger partial charge < -0.3 is 9.47 Å². The van der Waals surface area contributed by atoms with Crippen LogP contribution in [0.3, 0.4) is 0 Å². The summed E-state index contributed by atoms with van der Waals surface area (Å²) in [5, 5.41) is 9.61. The Morgan fingerprint density at radius 3 is 2.48 bits per heavy atom. The van der Waals surface area contributed by atoms with Crippen LogP contribution in [0.2, 0.25) is 0 Å². The van der Waals surface area contributed by atoms with Crippen molar-refractivity contribution in [1.29, 1.82) is 0 Å². The van der Waals surface area contributed by atoms with Crippen LogP contribution < -0.4 is 14.4 Å². The van der Waals surface area contributed by atoms with Gasteiger partial charge in [0.15, 0.2) is 5.69 Å². The normalized spacial score (nSPS) is 15.7. The Bertz CT molecular complexity index is 1760. The van der Waals surface area contributed by atoms with Gasteiger partial charge in [0.25, 0.3) is 0 Å². The van der Waals surface area contributed by atoms with E-state index in [0.29, 0.717) is 27.9 Å². The Balaban J connectivity index is 1.37. The molecular formula is C30H25F3N5O3S+. The number of fused-ring (bicyclic) bond motifs is 3. The van der Waals surface area contributed by atoms with Crippen LogP contribution in [-0.2, 0) is 18.4 Å². The number of benzene rings is 3. The molecule has 0 N–H and O–H groups in total. The minimum absolute atomic E-state index is 0.0427. The van der Waals surface area contributed by atoms with Crippen molar-refractivity contribution in [3.05, 3.63) is 77.4 Å². The number of amidine groups is 1. The van der Waals surface area contributed by atoms with Gasteiger partial charge in [0.1, 0.15) is 35.2 Å². The maximum absolute atomic E-state index is 13.0. The predicted molar refractivity (Wildman–Crippen MR) is 155 cm³/mol. The second-order valence-electron chi connectivity index (χ2n) is 9.83. The van der Waals surface area contributed by atoms with Gasteiger partial charge >= 0.3 is 17.4 Å². The number of aromatic nitrogens is 2. The van der Waals surface area contributed by atoms with Crippen LogP contribution in [0, 0.1) is 13.8 Å². The fourth-order valence-corrected chi connectivity index (χ4v) is 6.34. The number of thioether (sulfide) groups is 1. The zero-order valence-electron chi connectivity index (χ0n) is 22.9. The first-order chi connectivity index (χ1) is 20.1. The van der Waals surface area contributed by atoms with Crippen LogP contribution in [0.5, 0.6) is 11.5 Å². The van der Waals surface area contributed by atoms with Crippen LogP contribution in [0.25, 0.3) is 22.5 Å². The molecule has 4 aromatic rings. The molecule has 3 aromatic carbocycles. The number of hydrazone groups is 1. The van der Waals surface area contributed by atoms with Crippen LogP contribution in [-0.4, -0.2) is 44.4 Å². The standard InChI is InChI=1S/C30H25F3N5O3S/c1-17-6-5-7-18(2)27(17)37-25(39)16-42-29(37)38(34-3)20-10-13-22-24(14-20)40-15-23-26(22)35-36(4)28(23)19-8-11-21(12-9-19)41-30(31,32)33/h5-14H,3,15-16H2,1-2,4H3/q+1. The SMILES string of the molecule is C=N/[N+](=C1/SCC(=O)N1c1c(C)cccc1C)c1ccc2c(c1)OCc1c-2nn(C)c1-c1ccc(OC(F)(F)F)cc1. The lowest BCUT2D eigenvalue weighted by Crippen LogP contribution is -2.34. The van der Waals surface area contributed by atoms with Gasteiger partial charge in [0, 0.05) is 36.5 Å². The molecule has 2 aliphatic rings. The van der Waals surface area contributed by atoms with Crippen LogP contribution in [0.15, 0.2) is 65.8 Å². The molecule has 1 amide bonds. The molecule has 12 heteroatoms. The van der Waals surface area contributed by atoms with Crippen LogP contribution >= 0.6 is 11.8 Å². The largest absolute Gasteiger partial charge is 0.573 e. The molecule has 1 fully saturated rings. The summed E-state index contributed by atoms with van der Waals surface area (Å²) in [4.78, 5) is 14.7. The number of alkyl halides is 3. The number of hydrogen-bond donors (Lipinski definition) is 0. The number of aryl methyl sites for hydroxylation is 3. The lowest BCUT2D eigenvalue weighted by molar-refractivity contribution is -0.441. The van der Waals surface area contributed by atoms with Gasteiger partial charge in [-0.05, 0) is 73.1 Å². The van der Waals surface area contributed by atoms with Gasteiger partial charge in [0.05, 0.1) is 5.69 Å². The predicted octanol–water partition coefficient (Wildman–Crippen LogP) is 6.56. The van der Waals surface area contributed by atoms with Gasteiger partial charge in [-0.3, -0.25) is 4.68 Å². The third kappa shape index (κ3) is 4.81. The molecule has 0 saturated carbocycles. The topological polar surface area (TPSA) is 72.0 Å². The number of anilines is 1. The van der Waals surface area contributed by atoms with Gasteiger partial charge in [-0.25, -0.2) is 4.79 Å². The van der Waals surface area contributed by atoms with Gasteiger partial charge in [0.2, 0.25) is 0 Å². The first-order valence-corrected chi connectivity index (χ1v) is 13.9. The monoisotopic (exact) mass is 592 g/mol. The number of hydrogen-bond acceptors (Lipinski definition) is 6. The Morgan fingerprint density at radius 2 is 1.81 bits per heavy atom. The van der Waals surface area contributed by atoms with Gasteiger partial charge in [-0.2, -0.15) is 10.00 Å². The molecule has 8 nitrogen and oxygen atoms in total. The first kappa shape index (κ1) is 27.6. The van der Waals surface area contributed by atoms with Gasteiger partial charge in [-0.15, -0.1) is 13.2 Å². The molecule has 0 spiro atoms.